The molecule has 2 N–H and O–H groups in total. The predicted molar refractivity (Wildman–Crippen MR) is 82.5 cm³/mol. The second kappa shape index (κ2) is 5.28. The molecule has 0 amide bonds. The van der Waals surface area contributed by atoms with E-state index in [2.05, 4.69) is 9.97 Å². The minimum atomic E-state index is 0.429. The fourth-order valence-electron chi connectivity index (χ4n) is 2.19. The molecular weight excluding hydrogens is 264 g/mol. The lowest BCUT2D eigenvalue weighted by Crippen LogP contribution is -2.03. The summed E-state index contributed by atoms with van der Waals surface area (Å²) in [6, 6.07) is 11.8. The zero-order valence-electron chi connectivity index (χ0n) is 11.9. The Bertz CT molecular complexity index is 762. The fourth-order valence-corrected chi connectivity index (χ4v) is 2.19. The minimum Gasteiger partial charge on any atom is -0.497 e. The van der Waals surface area contributed by atoms with Crippen molar-refractivity contribution in [3.05, 3.63) is 54.4 Å². The molecule has 106 valence electrons. The normalized spacial score (nSPS) is 10.6. The highest BCUT2D eigenvalue weighted by molar-refractivity contribution is 5.62. The quantitative estimate of drug-likeness (QED) is 0.801. The number of nitrogen functional groups attached to an aromatic ring is 1. The molecule has 0 atom stereocenters. The molecule has 0 aliphatic carbocycles. The average Bonchev–Trinajstić information content (AvgIpc) is 2.90. The van der Waals surface area contributed by atoms with Crippen LogP contribution in [-0.2, 0) is 0 Å². The highest BCUT2D eigenvalue weighted by Gasteiger charge is 2.13. The lowest BCUT2D eigenvalue weighted by molar-refractivity contribution is 0.414. The van der Waals surface area contributed by atoms with E-state index in [-0.39, 0.29) is 0 Å². The lowest BCUT2D eigenvalue weighted by Gasteiger charge is -2.10. The maximum atomic E-state index is 6.01. The van der Waals surface area contributed by atoms with Crippen LogP contribution in [0.3, 0.4) is 0 Å². The van der Waals surface area contributed by atoms with Gasteiger partial charge in [0.1, 0.15) is 5.75 Å². The van der Waals surface area contributed by atoms with Crippen LogP contribution >= 0.6 is 0 Å². The SMILES string of the molecule is COc1ccnc(-c2cnc(N)n2-c2ccc(C)cc2)c1. The van der Waals surface area contributed by atoms with Gasteiger partial charge in [0.25, 0.3) is 0 Å². The van der Waals surface area contributed by atoms with Gasteiger partial charge < -0.3 is 10.5 Å². The Morgan fingerprint density at radius 3 is 2.57 bits per heavy atom. The number of nitrogens with zero attached hydrogens (tertiary/aromatic N) is 3. The smallest absolute Gasteiger partial charge is 0.205 e. The third-order valence-corrected chi connectivity index (χ3v) is 3.31. The summed E-state index contributed by atoms with van der Waals surface area (Å²) in [4.78, 5) is 8.59. The zero-order valence-corrected chi connectivity index (χ0v) is 11.9. The molecule has 1 aromatic carbocycles. The molecule has 2 heterocycles. The van der Waals surface area contributed by atoms with Crippen molar-refractivity contribution in [2.45, 2.75) is 6.92 Å². The second-order valence-electron chi connectivity index (χ2n) is 4.75. The van der Waals surface area contributed by atoms with E-state index in [1.165, 1.54) is 5.56 Å². The van der Waals surface area contributed by atoms with Crippen molar-refractivity contribution < 1.29 is 4.74 Å². The van der Waals surface area contributed by atoms with E-state index in [4.69, 9.17) is 10.5 Å². The summed E-state index contributed by atoms with van der Waals surface area (Å²) in [5.41, 5.74) is 9.75. The first-order valence-corrected chi connectivity index (χ1v) is 6.59. The van der Waals surface area contributed by atoms with Crippen LogP contribution in [0.4, 0.5) is 5.95 Å². The maximum Gasteiger partial charge on any atom is 0.205 e. The molecule has 5 nitrogen and oxygen atoms in total. The van der Waals surface area contributed by atoms with Crippen LogP contribution in [0.2, 0.25) is 0 Å². The summed E-state index contributed by atoms with van der Waals surface area (Å²) in [7, 11) is 1.63. The van der Waals surface area contributed by atoms with Crippen molar-refractivity contribution >= 4 is 5.95 Å². The molecule has 0 saturated carbocycles. The van der Waals surface area contributed by atoms with Gasteiger partial charge in [-0.05, 0) is 25.1 Å². The molecule has 2 aromatic heterocycles. The Morgan fingerprint density at radius 1 is 1.10 bits per heavy atom. The van der Waals surface area contributed by atoms with Gasteiger partial charge in [0.05, 0.1) is 24.7 Å². The number of methoxy groups -OCH3 is 1. The molecule has 0 aliphatic heterocycles. The highest BCUT2D eigenvalue weighted by Crippen LogP contribution is 2.26. The minimum absolute atomic E-state index is 0.429. The molecule has 0 radical (unpaired) electrons. The number of ether oxygens (including phenoxy) is 1. The molecule has 0 fully saturated rings. The Kier molecular flexibility index (Phi) is 3.31. The van der Waals surface area contributed by atoms with Gasteiger partial charge in [-0.15, -0.1) is 0 Å². The van der Waals surface area contributed by atoms with Crippen molar-refractivity contribution in [2.24, 2.45) is 0 Å². The summed E-state index contributed by atoms with van der Waals surface area (Å²) in [5.74, 6) is 1.17. The van der Waals surface area contributed by atoms with E-state index < -0.39 is 0 Å². The first-order valence-electron chi connectivity index (χ1n) is 6.59. The molecule has 0 aliphatic rings. The number of hydrogen-bond acceptors (Lipinski definition) is 4. The third kappa shape index (κ3) is 2.45. The molecule has 0 spiro atoms. The van der Waals surface area contributed by atoms with Gasteiger partial charge in [0, 0.05) is 18.0 Å². The first kappa shape index (κ1) is 13.2. The van der Waals surface area contributed by atoms with E-state index >= 15 is 0 Å². The van der Waals surface area contributed by atoms with Crippen molar-refractivity contribution in [3.8, 4) is 22.8 Å². The van der Waals surface area contributed by atoms with Crippen molar-refractivity contribution in [2.75, 3.05) is 12.8 Å². The largest absolute Gasteiger partial charge is 0.497 e. The van der Waals surface area contributed by atoms with Crippen LogP contribution in [0.25, 0.3) is 17.1 Å². The van der Waals surface area contributed by atoms with Gasteiger partial charge in [0.15, 0.2) is 0 Å². The monoisotopic (exact) mass is 280 g/mol. The van der Waals surface area contributed by atoms with Crippen LogP contribution in [0.5, 0.6) is 5.75 Å². The number of nitrogens with two attached hydrogens (primary N) is 1. The molecule has 3 rings (SSSR count). The Balaban J connectivity index is 2.14. The van der Waals surface area contributed by atoms with Gasteiger partial charge in [-0.1, -0.05) is 17.7 Å². The number of pyridine rings is 1. The van der Waals surface area contributed by atoms with Crippen molar-refractivity contribution in [1.29, 1.82) is 0 Å². The van der Waals surface area contributed by atoms with Crippen LogP contribution in [-0.4, -0.2) is 21.6 Å². The van der Waals surface area contributed by atoms with Gasteiger partial charge in [-0.2, -0.15) is 0 Å². The molecular formula is C16H16N4O. The maximum absolute atomic E-state index is 6.01. The molecule has 5 heteroatoms. The van der Waals surface area contributed by atoms with E-state index in [0.717, 1.165) is 22.8 Å². The van der Waals surface area contributed by atoms with E-state index in [0.29, 0.717) is 5.95 Å². The van der Waals surface area contributed by atoms with Gasteiger partial charge in [-0.25, -0.2) is 4.98 Å². The average molecular weight is 280 g/mol. The number of aryl methyl sites for hydroxylation is 1. The zero-order chi connectivity index (χ0) is 14.8. The van der Waals surface area contributed by atoms with E-state index in [1.54, 1.807) is 25.6 Å². The van der Waals surface area contributed by atoms with Gasteiger partial charge in [0.2, 0.25) is 5.95 Å². The highest BCUT2D eigenvalue weighted by atomic mass is 16.5. The standard InChI is InChI=1S/C16H16N4O/c1-11-3-5-12(6-4-11)20-15(10-19-16(20)17)14-9-13(21-2)7-8-18-14/h3-10H,1-2H3,(H2,17,19). The van der Waals surface area contributed by atoms with E-state index in [9.17, 15) is 0 Å². The van der Waals surface area contributed by atoms with Gasteiger partial charge in [-0.3, -0.25) is 9.55 Å². The van der Waals surface area contributed by atoms with Crippen LogP contribution in [0.1, 0.15) is 5.56 Å². The number of imidazole rings is 1. The molecule has 0 saturated heterocycles. The number of hydrogen-bond donors (Lipinski definition) is 1. The van der Waals surface area contributed by atoms with Crippen LogP contribution < -0.4 is 10.5 Å². The molecule has 3 aromatic rings. The van der Waals surface area contributed by atoms with Gasteiger partial charge >= 0.3 is 0 Å². The molecule has 0 unspecified atom stereocenters. The second-order valence-corrected chi connectivity index (χ2v) is 4.75. The number of rotatable bonds is 3. The van der Waals surface area contributed by atoms with E-state index in [1.807, 2.05) is 41.8 Å². The Morgan fingerprint density at radius 2 is 1.86 bits per heavy atom. The first-order chi connectivity index (χ1) is 10.2. The predicted octanol–water partition coefficient (Wildman–Crippen LogP) is 2.83. The topological polar surface area (TPSA) is 66.0 Å². The van der Waals surface area contributed by atoms with Crippen LogP contribution in [0, 0.1) is 6.92 Å². The summed E-state index contributed by atoms with van der Waals surface area (Å²) in [5, 5.41) is 0. The van der Waals surface area contributed by atoms with Crippen molar-refractivity contribution in [1.82, 2.24) is 14.5 Å². The number of benzene rings is 1. The summed E-state index contributed by atoms with van der Waals surface area (Å²) in [6.45, 7) is 2.05. The number of aromatic nitrogens is 3. The summed E-state index contributed by atoms with van der Waals surface area (Å²) in [6.07, 6.45) is 3.42. The third-order valence-electron chi connectivity index (χ3n) is 3.31. The van der Waals surface area contributed by atoms with Crippen LogP contribution in [0.15, 0.2) is 48.8 Å². The molecule has 0 bridgehead atoms. The Labute approximate surface area is 123 Å². The molecule has 21 heavy (non-hydrogen) atoms. The summed E-state index contributed by atoms with van der Waals surface area (Å²) < 4.78 is 7.12. The Hall–Kier alpha value is -2.82. The lowest BCUT2D eigenvalue weighted by atomic mass is 10.2. The summed E-state index contributed by atoms with van der Waals surface area (Å²) >= 11 is 0. The number of anilines is 1. The van der Waals surface area contributed by atoms with Crippen molar-refractivity contribution in [3.63, 3.8) is 0 Å². The fraction of sp³-hybridized carbons (Fsp3) is 0.125.